The van der Waals surface area contributed by atoms with Gasteiger partial charge in [-0.2, -0.15) is 0 Å². The third-order valence-corrected chi connectivity index (χ3v) is 2.86. The molecule has 18 heavy (non-hydrogen) atoms. The Balaban J connectivity index is 2.52. The molecule has 0 saturated heterocycles. The maximum Gasteiger partial charge on any atom is 0.234 e. The largest absolute Gasteiger partial charge is 0.497 e. The smallest absolute Gasteiger partial charge is 0.234 e. The predicted octanol–water partition coefficient (Wildman–Crippen LogP) is 1.60. The highest BCUT2D eigenvalue weighted by Gasteiger charge is 2.42. The monoisotopic (exact) mass is 248 g/mol. The highest BCUT2D eigenvalue weighted by Crippen LogP contribution is 2.41. The molecule has 0 amide bonds. The Bertz CT molecular complexity index is 528. The lowest BCUT2D eigenvalue weighted by Gasteiger charge is -2.33. The van der Waals surface area contributed by atoms with E-state index in [2.05, 4.69) is 4.99 Å². The number of rotatable bonds is 4. The summed E-state index contributed by atoms with van der Waals surface area (Å²) in [7, 11) is 2.97. The average Bonchev–Trinajstić information content (AvgIpc) is 2.84. The van der Waals surface area contributed by atoms with Crippen molar-refractivity contribution in [2.24, 2.45) is 4.99 Å². The standard InChI is InChI=1S/C12H12N2O4/c1-17-11-4-3-10-9(5-7-13-10)12(11,18-2)6-8-14(15)16/h3-8H,1-2H3. The molecule has 0 saturated carbocycles. The van der Waals surface area contributed by atoms with E-state index < -0.39 is 10.5 Å². The number of nitrogens with zero attached hydrogens (tertiary/aromatic N) is 2. The first-order chi connectivity index (χ1) is 8.64. The molecule has 0 N–H and O–H groups in total. The van der Waals surface area contributed by atoms with E-state index in [9.17, 15) is 10.1 Å². The van der Waals surface area contributed by atoms with Crippen LogP contribution in [0.1, 0.15) is 0 Å². The van der Waals surface area contributed by atoms with Gasteiger partial charge in [-0.25, -0.2) is 0 Å². The van der Waals surface area contributed by atoms with Crippen LogP contribution in [0, 0.1) is 10.1 Å². The van der Waals surface area contributed by atoms with Crippen molar-refractivity contribution in [1.82, 2.24) is 0 Å². The van der Waals surface area contributed by atoms with Crippen molar-refractivity contribution in [3.8, 4) is 0 Å². The summed E-state index contributed by atoms with van der Waals surface area (Å²) in [5.41, 5.74) is 0.343. The van der Waals surface area contributed by atoms with Crippen LogP contribution >= 0.6 is 0 Å². The second-order valence-electron chi connectivity index (χ2n) is 3.69. The van der Waals surface area contributed by atoms with Crippen molar-refractivity contribution in [2.75, 3.05) is 14.2 Å². The Morgan fingerprint density at radius 2 is 2.17 bits per heavy atom. The molecule has 2 aliphatic rings. The molecule has 2 rings (SSSR count). The van der Waals surface area contributed by atoms with E-state index in [-0.39, 0.29) is 0 Å². The van der Waals surface area contributed by atoms with Gasteiger partial charge in [0.1, 0.15) is 5.76 Å². The molecule has 6 nitrogen and oxygen atoms in total. The molecule has 94 valence electrons. The Hall–Kier alpha value is -2.21. The molecular weight excluding hydrogens is 236 g/mol. The van der Waals surface area contributed by atoms with Gasteiger partial charge in [0.2, 0.25) is 6.20 Å². The zero-order valence-corrected chi connectivity index (χ0v) is 9.99. The zero-order chi connectivity index (χ0) is 13.2. The predicted molar refractivity (Wildman–Crippen MR) is 65.6 cm³/mol. The highest BCUT2D eigenvalue weighted by molar-refractivity contribution is 5.82. The van der Waals surface area contributed by atoms with Gasteiger partial charge in [-0.3, -0.25) is 15.1 Å². The van der Waals surface area contributed by atoms with Crippen LogP contribution in [0.3, 0.4) is 0 Å². The molecule has 0 bridgehead atoms. The van der Waals surface area contributed by atoms with Crippen LogP contribution in [0.25, 0.3) is 0 Å². The van der Waals surface area contributed by atoms with Gasteiger partial charge in [-0.15, -0.1) is 0 Å². The van der Waals surface area contributed by atoms with Crippen LogP contribution < -0.4 is 0 Å². The van der Waals surface area contributed by atoms with Crippen LogP contribution in [0.4, 0.5) is 0 Å². The van der Waals surface area contributed by atoms with Crippen molar-refractivity contribution in [2.45, 2.75) is 5.60 Å². The Morgan fingerprint density at radius 1 is 1.39 bits per heavy atom. The second kappa shape index (κ2) is 4.58. The lowest BCUT2D eigenvalue weighted by atomic mass is 9.85. The summed E-state index contributed by atoms with van der Waals surface area (Å²) in [6.45, 7) is 0. The van der Waals surface area contributed by atoms with E-state index in [0.29, 0.717) is 11.5 Å². The molecule has 0 spiro atoms. The van der Waals surface area contributed by atoms with E-state index in [1.807, 2.05) is 0 Å². The van der Waals surface area contributed by atoms with Crippen LogP contribution in [0.5, 0.6) is 0 Å². The highest BCUT2D eigenvalue weighted by atomic mass is 16.6. The van der Waals surface area contributed by atoms with Crippen LogP contribution in [-0.4, -0.2) is 31.0 Å². The summed E-state index contributed by atoms with van der Waals surface area (Å²) < 4.78 is 10.7. The molecule has 1 aliphatic carbocycles. The topological polar surface area (TPSA) is 74.0 Å². The minimum Gasteiger partial charge on any atom is -0.497 e. The number of aliphatic imine (C=N–C) groups is 1. The van der Waals surface area contributed by atoms with Gasteiger partial charge in [0.25, 0.3) is 0 Å². The van der Waals surface area contributed by atoms with Gasteiger partial charge < -0.3 is 9.47 Å². The number of ether oxygens (including phenoxy) is 2. The number of allylic oxidation sites excluding steroid dienone is 3. The van der Waals surface area contributed by atoms with Gasteiger partial charge in [0.05, 0.1) is 17.7 Å². The van der Waals surface area contributed by atoms with Gasteiger partial charge in [-0.05, 0) is 18.2 Å². The molecule has 0 aromatic carbocycles. The van der Waals surface area contributed by atoms with Crippen LogP contribution in [0.2, 0.25) is 0 Å². The minimum absolute atomic E-state index is 0.476. The summed E-state index contributed by atoms with van der Waals surface area (Å²) in [5, 5.41) is 10.5. The van der Waals surface area contributed by atoms with Gasteiger partial charge in [0.15, 0.2) is 5.60 Å². The van der Waals surface area contributed by atoms with E-state index in [0.717, 1.165) is 11.8 Å². The summed E-state index contributed by atoms with van der Waals surface area (Å²) in [6.07, 6.45) is 9.07. The number of methoxy groups -OCH3 is 2. The Kier molecular flexibility index (Phi) is 3.12. The van der Waals surface area contributed by atoms with Gasteiger partial charge >= 0.3 is 0 Å². The molecule has 6 heteroatoms. The zero-order valence-electron chi connectivity index (χ0n) is 9.99. The SMILES string of the molecule is COC1=CC=C2N=CC=C2C1(C=C[N+](=O)[O-])OC. The molecule has 0 aromatic heterocycles. The molecule has 1 atom stereocenters. The molecule has 1 heterocycles. The lowest BCUT2D eigenvalue weighted by Crippen LogP contribution is -2.36. The van der Waals surface area contributed by atoms with E-state index >= 15 is 0 Å². The van der Waals surface area contributed by atoms with E-state index in [1.54, 1.807) is 24.4 Å². The summed E-state index contributed by atoms with van der Waals surface area (Å²) in [4.78, 5) is 14.1. The molecule has 0 aromatic rings. The fourth-order valence-electron chi connectivity index (χ4n) is 2.04. The van der Waals surface area contributed by atoms with Crippen molar-refractivity contribution in [1.29, 1.82) is 0 Å². The summed E-state index contributed by atoms with van der Waals surface area (Å²) >= 11 is 0. The normalized spacial score (nSPS) is 25.6. The van der Waals surface area contributed by atoms with Crippen molar-refractivity contribution in [3.05, 3.63) is 57.6 Å². The number of hydrogen-bond acceptors (Lipinski definition) is 5. The minimum atomic E-state index is -1.09. The maximum absolute atomic E-state index is 10.5. The summed E-state index contributed by atoms with van der Waals surface area (Å²) in [6, 6.07) is 0. The second-order valence-corrected chi connectivity index (χ2v) is 3.69. The van der Waals surface area contributed by atoms with Gasteiger partial charge in [-0.1, -0.05) is 0 Å². The summed E-state index contributed by atoms with van der Waals surface area (Å²) in [5.74, 6) is 0.476. The Labute approximate surface area is 104 Å². The lowest BCUT2D eigenvalue weighted by molar-refractivity contribution is -0.403. The molecule has 1 unspecified atom stereocenters. The molecule has 0 fully saturated rings. The van der Waals surface area contributed by atoms with Crippen LogP contribution in [0.15, 0.2) is 52.5 Å². The Morgan fingerprint density at radius 3 is 2.78 bits per heavy atom. The quantitative estimate of drug-likeness (QED) is 0.559. The maximum atomic E-state index is 10.5. The van der Waals surface area contributed by atoms with Crippen molar-refractivity contribution in [3.63, 3.8) is 0 Å². The van der Waals surface area contributed by atoms with Crippen molar-refractivity contribution >= 4 is 6.21 Å². The number of nitro groups is 1. The van der Waals surface area contributed by atoms with Gasteiger partial charge in [0, 0.05) is 25.0 Å². The first-order valence-electron chi connectivity index (χ1n) is 5.23. The fourth-order valence-corrected chi connectivity index (χ4v) is 2.04. The third-order valence-electron chi connectivity index (χ3n) is 2.86. The average molecular weight is 248 g/mol. The fraction of sp³-hybridized carbons (Fsp3) is 0.250. The third kappa shape index (κ3) is 1.76. The van der Waals surface area contributed by atoms with Crippen molar-refractivity contribution < 1.29 is 14.4 Å². The number of hydrogen-bond donors (Lipinski definition) is 0. The first kappa shape index (κ1) is 12.3. The first-order valence-corrected chi connectivity index (χ1v) is 5.23. The van der Waals surface area contributed by atoms with E-state index in [1.165, 1.54) is 20.3 Å². The van der Waals surface area contributed by atoms with Crippen LogP contribution in [-0.2, 0) is 9.47 Å². The molecule has 1 aliphatic heterocycles. The molecule has 0 radical (unpaired) electrons. The number of fused-ring (bicyclic) bond motifs is 1. The van der Waals surface area contributed by atoms with E-state index in [4.69, 9.17) is 9.47 Å². The molecular formula is C12H12N2O4.